The molecule has 1 aromatic rings. The van der Waals surface area contributed by atoms with Crippen LogP contribution in [0.4, 0.5) is 0 Å². The van der Waals surface area contributed by atoms with E-state index in [0.29, 0.717) is 35.3 Å². The molecule has 0 amide bonds. The Morgan fingerprint density at radius 2 is 2.00 bits per heavy atom. The highest BCUT2D eigenvalue weighted by molar-refractivity contribution is 6.31. The van der Waals surface area contributed by atoms with Gasteiger partial charge >= 0.3 is 5.97 Å². The van der Waals surface area contributed by atoms with Gasteiger partial charge in [-0.1, -0.05) is 11.6 Å². The van der Waals surface area contributed by atoms with Crippen molar-refractivity contribution < 1.29 is 19.0 Å². The summed E-state index contributed by atoms with van der Waals surface area (Å²) < 4.78 is 15.3. The van der Waals surface area contributed by atoms with Crippen LogP contribution in [0.2, 0.25) is 5.02 Å². The van der Waals surface area contributed by atoms with Crippen LogP contribution < -0.4 is 9.47 Å². The Kier molecular flexibility index (Phi) is 3.19. The molecule has 2 rings (SSSR count). The van der Waals surface area contributed by atoms with Crippen molar-refractivity contribution in [3.05, 3.63) is 22.7 Å². The van der Waals surface area contributed by atoms with Crippen LogP contribution in [0, 0.1) is 0 Å². The summed E-state index contributed by atoms with van der Waals surface area (Å²) in [6.07, 6.45) is 0.131. The molecule has 1 aromatic carbocycles. The molecular formula is C11H11ClO4. The van der Waals surface area contributed by atoms with Crippen LogP contribution in [-0.4, -0.2) is 26.3 Å². The number of esters is 1. The van der Waals surface area contributed by atoms with Gasteiger partial charge < -0.3 is 14.2 Å². The number of carbonyl (C=O) groups excluding carboxylic acids is 1. The molecule has 0 spiro atoms. The van der Waals surface area contributed by atoms with Crippen molar-refractivity contribution in [3.8, 4) is 11.5 Å². The van der Waals surface area contributed by atoms with Crippen LogP contribution in [0.25, 0.3) is 0 Å². The van der Waals surface area contributed by atoms with Gasteiger partial charge in [-0.3, -0.25) is 4.79 Å². The highest BCUT2D eigenvalue weighted by Gasteiger charge is 2.16. The Morgan fingerprint density at radius 1 is 1.38 bits per heavy atom. The highest BCUT2D eigenvalue weighted by atomic mass is 35.5. The van der Waals surface area contributed by atoms with Crippen LogP contribution in [-0.2, 0) is 16.0 Å². The first-order valence-corrected chi connectivity index (χ1v) is 5.23. The first-order valence-electron chi connectivity index (χ1n) is 4.85. The molecule has 0 saturated carbocycles. The fourth-order valence-electron chi connectivity index (χ4n) is 1.47. The number of ether oxygens (including phenoxy) is 3. The number of hydrogen-bond acceptors (Lipinski definition) is 4. The maximum Gasteiger partial charge on any atom is 0.310 e. The third-order valence-electron chi connectivity index (χ3n) is 2.27. The van der Waals surface area contributed by atoms with Crippen LogP contribution >= 0.6 is 11.6 Å². The Morgan fingerprint density at radius 3 is 2.62 bits per heavy atom. The first-order chi connectivity index (χ1) is 7.70. The number of carbonyl (C=O) groups is 1. The second-order valence-electron chi connectivity index (χ2n) is 3.34. The minimum atomic E-state index is -0.335. The summed E-state index contributed by atoms with van der Waals surface area (Å²) in [5.41, 5.74) is 0.678. The van der Waals surface area contributed by atoms with Gasteiger partial charge in [0.1, 0.15) is 13.2 Å². The smallest absolute Gasteiger partial charge is 0.310 e. The van der Waals surface area contributed by atoms with Crippen molar-refractivity contribution in [2.45, 2.75) is 6.42 Å². The fourth-order valence-corrected chi connectivity index (χ4v) is 1.69. The van der Waals surface area contributed by atoms with E-state index in [2.05, 4.69) is 4.74 Å². The van der Waals surface area contributed by atoms with Crippen LogP contribution in [0.15, 0.2) is 12.1 Å². The van der Waals surface area contributed by atoms with E-state index in [9.17, 15) is 4.79 Å². The summed E-state index contributed by atoms with van der Waals surface area (Å²) in [6.45, 7) is 1.02. The lowest BCUT2D eigenvalue weighted by Crippen LogP contribution is -2.16. The molecule has 0 unspecified atom stereocenters. The summed E-state index contributed by atoms with van der Waals surface area (Å²) in [5.74, 6) is 0.901. The zero-order valence-electron chi connectivity index (χ0n) is 8.79. The van der Waals surface area contributed by atoms with Gasteiger partial charge in [0.05, 0.1) is 13.5 Å². The SMILES string of the molecule is COC(=O)Cc1cc2c(cc1Cl)OCCO2. The van der Waals surface area contributed by atoms with E-state index in [4.69, 9.17) is 21.1 Å². The molecule has 5 heteroatoms. The lowest BCUT2D eigenvalue weighted by Gasteiger charge is -2.19. The second-order valence-corrected chi connectivity index (χ2v) is 3.75. The van der Waals surface area contributed by atoms with Gasteiger partial charge in [-0.05, 0) is 11.6 Å². The average Bonchev–Trinajstić information content (AvgIpc) is 2.30. The average molecular weight is 243 g/mol. The number of methoxy groups -OCH3 is 1. The quantitative estimate of drug-likeness (QED) is 0.743. The minimum absolute atomic E-state index is 0.131. The summed E-state index contributed by atoms with van der Waals surface area (Å²) in [5, 5.41) is 0.481. The first kappa shape index (κ1) is 11.1. The molecule has 4 nitrogen and oxygen atoms in total. The molecule has 0 saturated heterocycles. The maximum atomic E-state index is 11.1. The Bertz CT molecular complexity index is 417. The standard InChI is InChI=1S/C11H11ClO4/c1-14-11(13)5-7-4-9-10(6-8(7)12)16-3-2-15-9/h4,6H,2-3,5H2,1H3. The summed E-state index contributed by atoms with van der Waals surface area (Å²) in [4.78, 5) is 11.1. The molecule has 1 heterocycles. The molecular weight excluding hydrogens is 232 g/mol. The lowest BCUT2D eigenvalue weighted by molar-refractivity contribution is -0.139. The van der Waals surface area contributed by atoms with Crippen molar-refractivity contribution >= 4 is 17.6 Å². The van der Waals surface area contributed by atoms with E-state index < -0.39 is 0 Å². The van der Waals surface area contributed by atoms with Crippen molar-refractivity contribution in [2.24, 2.45) is 0 Å². The highest BCUT2D eigenvalue weighted by Crippen LogP contribution is 2.35. The van der Waals surface area contributed by atoms with E-state index in [-0.39, 0.29) is 12.4 Å². The van der Waals surface area contributed by atoms with Gasteiger partial charge in [-0.2, -0.15) is 0 Å². The van der Waals surface area contributed by atoms with Gasteiger partial charge in [0, 0.05) is 11.1 Å². The summed E-state index contributed by atoms with van der Waals surface area (Å²) >= 11 is 6.02. The predicted octanol–water partition coefficient (Wildman–Crippen LogP) is 1.83. The second kappa shape index (κ2) is 4.61. The number of fused-ring (bicyclic) bond motifs is 1. The molecule has 86 valence electrons. The number of rotatable bonds is 2. The molecule has 0 fully saturated rings. The van der Waals surface area contributed by atoms with Gasteiger partial charge in [0.2, 0.25) is 0 Å². The molecule has 0 aliphatic carbocycles. The molecule has 0 N–H and O–H groups in total. The van der Waals surface area contributed by atoms with E-state index in [0.717, 1.165) is 0 Å². The van der Waals surface area contributed by atoms with E-state index in [1.54, 1.807) is 12.1 Å². The van der Waals surface area contributed by atoms with Crippen molar-refractivity contribution in [2.75, 3.05) is 20.3 Å². The third kappa shape index (κ3) is 2.22. The third-order valence-corrected chi connectivity index (χ3v) is 2.63. The van der Waals surface area contributed by atoms with Gasteiger partial charge in [0.25, 0.3) is 0 Å². The zero-order chi connectivity index (χ0) is 11.5. The maximum absolute atomic E-state index is 11.1. The number of hydrogen-bond donors (Lipinski definition) is 0. The monoisotopic (exact) mass is 242 g/mol. The Labute approximate surface area is 98.1 Å². The predicted molar refractivity (Wildman–Crippen MR) is 58.2 cm³/mol. The van der Waals surface area contributed by atoms with Crippen molar-refractivity contribution in [1.29, 1.82) is 0 Å². The Balaban J connectivity index is 2.28. The van der Waals surface area contributed by atoms with Crippen LogP contribution in [0.3, 0.4) is 0 Å². The van der Waals surface area contributed by atoms with Crippen LogP contribution in [0.5, 0.6) is 11.5 Å². The summed E-state index contributed by atoms with van der Waals surface area (Å²) in [7, 11) is 1.34. The summed E-state index contributed by atoms with van der Waals surface area (Å²) in [6, 6.07) is 3.38. The molecule has 16 heavy (non-hydrogen) atoms. The molecule has 0 aromatic heterocycles. The molecule has 1 aliphatic rings. The van der Waals surface area contributed by atoms with Gasteiger partial charge in [-0.15, -0.1) is 0 Å². The largest absolute Gasteiger partial charge is 0.486 e. The molecule has 0 bridgehead atoms. The van der Waals surface area contributed by atoms with Gasteiger partial charge in [0.15, 0.2) is 11.5 Å². The lowest BCUT2D eigenvalue weighted by atomic mass is 10.1. The minimum Gasteiger partial charge on any atom is -0.486 e. The topological polar surface area (TPSA) is 44.8 Å². The molecule has 1 aliphatic heterocycles. The molecule has 0 radical (unpaired) electrons. The van der Waals surface area contributed by atoms with Crippen molar-refractivity contribution in [3.63, 3.8) is 0 Å². The van der Waals surface area contributed by atoms with E-state index in [1.807, 2.05) is 0 Å². The normalized spacial score (nSPS) is 13.4. The van der Waals surface area contributed by atoms with E-state index in [1.165, 1.54) is 7.11 Å². The fraction of sp³-hybridized carbons (Fsp3) is 0.364. The molecule has 0 atom stereocenters. The van der Waals surface area contributed by atoms with E-state index >= 15 is 0 Å². The van der Waals surface area contributed by atoms with Gasteiger partial charge in [-0.25, -0.2) is 0 Å². The Hall–Kier alpha value is -1.42. The van der Waals surface area contributed by atoms with Crippen LogP contribution in [0.1, 0.15) is 5.56 Å². The number of benzene rings is 1. The number of halogens is 1. The van der Waals surface area contributed by atoms with Crippen molar-refractivity contribution in [1.82, 2.24) is 0 Å². The zero-order valence-corrected chi connectivity index (χ0v) is 9.54.